The molecule has 0 radical (unpaired) electrons. The smallest absolute Gasteiger partial charge is 0.160 e. The highest BCUT2D eigenvalue weighted by Crippen LogP contribution is 2.35. The van der Waals surface area contributed by atoms with Crippen molar-refractivity contribution < 1.29 is 0 Å². The van der Waals surface area contributed by atoms with Gasteiger partial charge in [0, 0.05) is 16.7 Å². The van der Waals surface area contributed by atoms with Crippen LogP contribution in [0.3, 0.4) is 0 Å². The third-order valence-electron chi connectivity index (χ3n) is 7.73. The van der Waals surface area contributed by atoms with Crippen LogP contribution >= 0.6 is 0 Å². The Hall–Kier alpha value is -6.11. The van der Waals surface area contributed by atoms with E-state index < -0.39 is 0 Å². The summed E-state index contributed by atoms with van der Waals surface area (Å²) in [4.78, 5) is 10.2. The number of aromatic nitrogens is 2. The third-order valence-corrected chi connectivity index (χ3v) is 7.73. The molecule has 0 saturated heterocycles. The molecule has 7 aromatic rings. The van der Waals surface area contributed by atoms with Gasteiger partial charge in [-0.15, -0.1) is 0 Å². The van der Waals surface area contributed by atoms with Crippen LogP contribution in [-0.4, -0.2) is 9.97 Å². The van der Waals surface area contributed by atoms with Crippen molar-refractivity contribution in [3.05, 3.63) is 169 Å². The van der Waals surface area contributed by atoms with Gasteiger partial charge >= 0.3 is 0 Å². The summed E-state index contributed by atoms with van der Waals surface area (Å²) in [6.45, 7) is 0. The maximum absolute atomic E-state index is 9.32. The molecule has 0 atom stereocenters. The highest BCUT2D eigenvalue weighted by molar-refractivity contribution is 5.82. The van der Waals surface area contributed by atoms with E-state index in [-0.39, 0.29) is 0 Å². The zero-order chi connectivity index (χ0) is 29.7. The van der Waals surface area contributed by atoms with Gasteiger partial charge < -0.3 is 0 Å². The van der Waals surface area contributed by atoms with Crippen LogP contribution in [-0.2, 0) is 0 Å². The molecule has 0 aliphatic rings. The lowest BCUT2D eigenvalue weighted by molar-refractivity contribution is 1.18. The van der Waals surface area contributed by atoms with E-state index in [0.29, 0.717) is 11.4 Å². The van der Waals surface area contributed by atoms with Crippen molar-refractivity contribution >= 4 is 0 Å². The summed E-state index contributed by atoms with van der Waals surface area (Å²) >= 11 is 0. The molecule has 6 aromatic carbocycles. The fraction of sp³-hybridized carbons (Fsp3) is 0. The standard InChI is InChI=1S/C41H27N3/c42-28-29-16-18-35(19-17-29)40-27-39(34-14-8-3-9-15-34)43-41(44-40)38-25-36(31-12-6-2-7-13-31)24-37(26-38)33-22-20-32(21-23-33)30-10-4-1-5-11-30/h1-27H. The van der Waals surface area contributed by atoms with Crippen LogP contribution in [0.1, 0.15) is 5.56 Å². The number of hydrogen-bond acceptors (Lipinski definition) is 3. The Kier molecular flexibility index (Phi) is 7.31. The van der Waals surface area contributed by atoms with Crippen molar-refractivity contribution in [3.8, 4) is 73.4 Å². The van der Waals surface area contributed by atoms with E-state index in [9.17, 15) is 5.26 Å². The summed E-state index contributed by atoms with van der Waals surface area (Å²) < 4.78 is 0. The zero-order valence-electron chi connectivity index (χ0n) is 23.9. The Bertz CT molecular complexity index is 2080. The fourth-order valence-electron chi connectivity index (χ4n) is 5.40. The number of nitriles is 1. The summed E-state index contributed by atoms with van der Waals surface area (Å²) in [5.74, 6) is 0.644. The highest BCUT2D eigenvalue weighted by Gasteiger charge is 2.14. The second kappa shape index (κ2) is 12.0. The highest BCUT2D eigenvalue weighted by atomic mass is 14.9. The molecule has 0 N–H and O–H groups in total. The molecule has 0 aliphatic heterocycles. The first-order valence-electron chi connectivity index (χ1n) is 14.6. The van der Waals surface area contributed by atoms with Crippen LogP contribution < -0.4 is 0 Å². The van der Waals surface area contributed by atoms with Gasteiger partial charge in [0.05, 0.1) is 23.0 Å². The van der Waals surface area contributed by atoms with E-state index >= 15 is 0 Å². The van der Waals surface area contributed by atoms with Gasteiger partial charge in [-0.2, -0.15) is 5.26 Å². The molecule has 0 spiro atoms. The monoisotopic (exact) mass is 561 g/mol. The van der Waals surface area contributed by atoms with Crippen LogP contribution in [0.15, 0.2) is 164 Å². The van der Waals surface area contributed by atoms with Crippen molar-refractivity contribution in [1.29, 1.82) is 5.26 Å². The summed E-state index contributed by atoms with van der Waals surface area (Å²) in [6.07, 6.45) is 0. The third kappa shape index (κ3) is 5.66. The van der Waals surface area contributed by atoms with E-state index in [2.05, 4.69) is 109 Å². The molecular formula is C41H27N3. The molecule has 0 amide bonds. The molecule has 3 heteroatoms. The predicted molar refractivity (Wildman–Crippen MR) is 179 cm³/mol. The molecule has 0 fully saturated rings. The van der Waals surface area contributed by atoms with E-state index in [4.69, 9.17) is 9.97 Å². The van der Waals surface area contributed by atoms with Gasteiger partial charge in [-0.1, -0.05) is 127 Å². The molecule has 0 bridgehead atoms. The predicted octanol–water partition coefficient (Wildman–Crippen LogP) is 10.4. The van der Waals surface area contributed by atoms with Crippen LogP contribution in [0.2, 0.25) is 0 Å². The van der Waals surface area contributed by atoms with Crippen molar-refractivity contribution in [3.63, 3.8) is 0 Å². The quantitative estimate of drug-likeness (QED) is 0.203. The molecule has 1 aromatic heterocycles. The molecule has 206 valence electrons. The van der Waals surface area contributed by atoms with E-state index in [1.165, 1.54) is 11.1 Å². The van der Waals surface area contributed by atoms with Gasteiger partial charge in [-0.05, 0) is 69.8 Å². The first-order valence-corrected chi connectivity index (χ1v) is 14.6. The first kappa shape index (κ1) is 26.8. The Morgan fingerprint density at radius 1 is 0.341 bits per heavy atom. The minimum absolute atomic E-state index is 0.616. The number of nitrogens with zero attached hydrogens (tertiary/aromatic N) is 3. The molecule has 0 saturated carbocycles. The molecule has 44 heavy (non-hydrogen) atoms. The van der Waals surface area contributed by atoms with Crippen LogP contribution in [0, 0.1) is 11.3 Å². The van der Waals surface area contributed by atoms with E-state index in [1.54, 1.807) is 0 Å². The molecular weight excluding hydrogens is 534 g/mol. The Balaban J connectivity index is 1.39. The number of benzene rings is 6. The van der Waals surface area contributed by atoms with Crippen molar-refractivity contribution in [1.82, 2.24) is 9.97 Å². The molecule has 7 rings (SSSR count). The topological polar surface area (TPSA) is 49.6 Å². The lowest BCUT2D eigenvalue weighted by Gasteiger charge is -2.13. The van der Waals surface area contributed by atoms with Crippen LogP contribution in [0.4, 0.5) is 0 Å². The molecule has 1 heterocycles. The summed E-state index contributed by atoms with van der Waals surface area (Å²) in [5.41, 5.74) is 11.9. The minimum atomic E-state index is 0.616. The second-order valence-electron chi connectivity index (χ2n) is 10.6. The van der Waals surface area contributed by atoms with Crippen LogP contribution in [0.5, 0.6) is 0 Å². The van der Waals surface area contributed by atoms with Crippen LogP contribution in [0.25, 0.3) is 67.3 Å². The number of rotatable bonds is 6. The summed E-state index contributed by atoms with van der Waals surface area (Å²) in [5, 5.41) is 9.32. The van der Waals surface area contributed by atoms with Gasteiger partial charge in [0.15, 0.2) is 5.82 Å². The van der Waals surface area contributed by atoms with Gasteiger partial charge in [0.2, 0.25) is 0 Å². The Morgan fingerprint density at radius 3 is 1.20 bits per heavy atom. The van der Waals surface area contributed by atoms with E-state index in [0.717, 1.165) is 50.3 Å². The van der Waals surface area contributed by atoms with Crippen molar-refractivity contribution in [2.45, 2.75) is 0 Å². The van der Waals surface area contributed by atoms with Gasteiger partial charge in [-0.3, -0.25) is 0 Å². The van der Waals surface area contributed by atoms with E-state index in [1.807, 2.05) is 60.7 Å². The molecule has 3 nitrogen and oxygen atoms in total. The lowest BCUT2D eigenvalue weighted by Crippen LogP contribution is -1.97. The number of hydrogen-bond donors (Lipinski definition) is 0. The zero-order valence-corrected chi connectivity index (χ0v) is 23.9. The van der Waals surface area contributed by atoms with Crippen molar-refractivity contribution in [2.24, 2.45) is 0 Å². The Morgan fingerprint density at radius 2 is 0.705 bits per heavy atom. The second-order valence-corrected chi connectivity index (χ2v) is 10.6. The average Bonchev–Trinajstić information content (AvgIpc) is 3.12. The van der Waals surface area contributed by atoms with Crippen molar-refractivity contribution in [2.75, 3.05) is 0 Å². The minimum Gasteiger partial charge on any atom is -0.228 e. The van der Waals surface area contributed by atoms with Gasteiger partial charge in [0.1, 0.15) is 0 Å². The lowest BCUT2D eigenvalue weighted by atomic mass is 9.94. The maximum Gasteiger partial charge on any atom is 0.160 e. The maximum atomic E-state index is 9.32. The average molecular weight is 562 g/mol. The first-order chi connectivity index (χ1) is 21.7. The largest absolute Gasteiger partial charge is 0.228 e. The van der Waals surface area contributed by atoms with Gasteiger partial charge in [0.25, 0.3) is 0 Å². The summed E-state index contributed by atoms with van der Waals surface area (Å²) in [6, 6.07) is 58.1. The Labute approximate surface area is 257 Å². The summed E-state index contributed by atoms with van der Waals surface area (Å²) in [7, 11) is 0. The molecule has 0 unspecified atom stereocenters. The normalized spacial score (nSPS) is 10.7. The van der Waals surface area contributed by atoms with Gasteiger partial charge in [-0.25, -0.2) is 9.97 Å². The SMILES string of the molecule is N#Cc1ccc(-c2cc(-c3ccccc3)nc(-c3cc(-c4ccccc4)cc(-c4ccc(-c5ccccc5)cc4)c3)n2)cc1. The molecule has 0 aliphatic carbocycles. The fourth-order valence-corrected chi connectivity index (χ4v) is 5.40.